The van der Waals surface area contributed by atoms with Crippen molar-refractivity contribution >= 4 is 0 Å². The summed E-state index contributed by atoms with van der Waals surface area (Å²) in [6, 6.07) is 3.30. The van der Waals surface area contributed by atoms with E-state index in [1.165, 1.54) is 12.1 Å². The fraction of sp³-hybridized carbons (Fsp3) is 0.385. The van der Waals surface area contributed by atoms with E-state index in [1.807, 2.05) is 0 Å². The predicted molar refractivity (Wildman–Crippen MR) is 63.7 cm³/mol. The SMILES string of the molecule is C=C[C@H](c1cc(F)ccc1F)N1CCNCC1. The molecule has 1 aliphatic heterocycles. The van der Waals surface area contributed by atoms with E-state index in [0.717, 1.165) is 32.2 Å². The van der Waals surface area contributed by atoms with Crippen molar-refractivity contribution in [3.05, 3.63) is 48.1 Å². The summed E-state index contributed by atoms with van der Waals surface area (Å²) in [5.74, 6) is -0.793. The first kappa shape index (κ1) is 12.2. The largest absolute Gasteiger partial charge is 0.314 e. The van der Waals surface area contributed by atoms with Crippen LogP contribution in [0.2, 0.25) is 0 Å². The zero-order chi connectivity index (χ0) is 12.3. The van der Waals surface area contributed by atoms with Gasteiger partial charge in [-0.1, -0.05) is 6.08 Å². The van der Waals surface area contributed by atoms with Gasteiger partial charge in [0.15, 0.2) is 0 Å². The van der Waals surface area contributed by atoms with Crippen LogP contribution in [0.4, 0.5) is 8.78 Å². The van der Waals surface area contributed by atoms with Gasteiger partial charge in [0.25, 0.3) is 0 Å². The highest BCUT2D eigenvalue weighted by Crippen LogP contribution is 2.25. The first-order valence-electron chi connectivity index (χ1n) is 5.74. The molecule has 92 valence electrons. The van der Waals surface area contributed by atoms with Crippen molar-refractivity contribution in [2.45, 2.75) is 6.04 Å². The van der Waals surface area contributed by atoms with Gasteiger partial charge in [0.05, 0.1) is 6.04 Å². The normalized spacial score (nSPS) is 18.9. The summed E-state index contributed by atoms with van der Waals surface area (Å²) in [5.41, 5.74) is 0.363. The molecule has 2 nitrogen and oxygen atoms in total. The van der Waals surface area contributed by atoms with E-state index in [9.17, 15) is 8.78 Å². The van der Waals surface area contributed by atoms with E-state index >= 15 is 0 Å². The molecule has 17 heavy (non-hydrogen) atoms. The van der Waals surface area contributed by atoms with Crippen LogP contribution in [-0.2, 0) is 0 Å². The van der Waals surface area contributed by atoms with E-state index in [1.54, 1.807) is 6.08 Å². The van der Waals surface area contributed by atoms with Gasteiger partial charge in [-0.2, -0.15) is 0 Å². The molecule has 1 aromatic carbocycles. The zero-order valence-corrected chi connectivity index (χ0v) is 9.63. The second-order valence-electron chi connectivity index (χ2n) is 4.13. The second-order valence-corrected chi connectivity index (χ2v) is 4.13. The van der Waals surface area contributed by atoms with Crippen LogP contribution < -0.4 is 5.32 Å². The Morgan fingerprint density at radius 2 is 2.00 bits per heavy atom. The quantitative estimate of drug-likeness (QED) is 0.811. The van der Waals surface area contributed by atoms with Gasteiger partial charge in [0.1, 0.15) is 11.6 Å². The Morgan fingerprint density at radius 3 is 2.65 bits per heavy atom. The molecule has 1 heterocycles. The highest BCUT2D eigenvalue weighted by molar-refractivity contribution is 5.25. The van der Waals surface area contributed by atoms with Gasteiger partial charge in [-0.15, -0.1) is 6.58 Å². The van der Waals surface area contributed by atoms with E-state index < -0.39 is 5.82 Å². The monoisotopic (exact) mass is 238 g/mol. The summed E-state index contributed by atoms with van der Waals surface area (Å²) in [7, 11) is 0. The highest BCUT2D eigenvalue weighted by atomic mass is 19.1. The van der Waals surface area contributed by atoms with Gasteiger partial charge in [-0.3, -0.25) is 4.90 Å². The van der Waals surface area contributed by atoms with E-state index in [-0.39, 0.29) is 11.9 Å². The van der Waals surface area contributed by atoms with Crippen molar-refractivity contribution in [1.82, 2.24) is 10.2 Å². The van der Waals surface area contributed by atoms with Crippen LogP contribution in [-0.4, -0.2) is 31.1 Å². The van der Waals surface area contributed by atoms with Crippen LogP contribution in [0.1, 0.15) is 11.6 Å². The maximum atomic E-state index is 13.7. The van der Waals surface area contributed by atoms with Gasteiger partial charge in [-0.25, -0.2) is 8.78 Å². The molecule has 1 aliphatic rings. The Bertz CT molecular complexity index is 400. The maximum absolute atomic E-state index is 13.7. The Kier molecular flexibility index (Phi) is 3.86. The molecule has 4 heteroatoms. The molecule has 0 aromatic heterocycles. The molecule has 0 spiro atoms. The van der Waals surface area contributed by atoms with Crippen LogP contribution >= 0.6 is 0 Å². The van der Waals surface area contributed by atoms with Crippen LogP contribution in [0.3, 0.4) is 0 Å². The summed E-state index contributed by atoms with van der Waals surface area (Å²) in [5, 5.41) is 3.23. The third-order valence-corrected chi connectivity index (χ3v) is 3.04. The van der Waals surface area contributed by atoms with Crippen molar-refractivity contribution in [3.8, 4) is 0 Å². The number of nitrogens with one attached hydrogen (secondary N) is 1. The fourth-order valence-corrected chi connectivity index (χ4v) is 2.17. The number of nitrogens with zero attached hydrogens (tertiary/aromatic N) is 1. The number of rotatable bonds is 3. The lowest BCUT2D eigenvalue weighted by molar-refractivity contribution is 0.200. The third-order valence-electron chi connectivity index (χ3n) is 3.04. The van der Waals surface area contributed by atoms with Crippen molar-refractivity contribution in [1.29, 1.82) is 0 Å². The van der Waals surface area contributed by atoms with Crippen molar-refractivity contribution in [2.75, 3.05) is 26.2 Å². The van der Waals surface area contributed by atoms with E-state index in [4.69, 9.17) is 0 Å². The average molecular weight is 238 g/mol. The zero-order valence-electron chi connectivity index (χ0n) is 9.63. The van der Waals surface area contributed by atoms with Crippen molar-refractivity contribution in [3.63, 3.8) is 0 Å². The molecule has 0 aliphatic carbocycles. The summed E-state index contributed by atoms with van der Waals surface area (Å²) >= 11 is 0. The molecule has 0 amide bonds. The number of benzene rings is 1. The third kappa shape index (κ3) is 2.70. The first-order valence-corrected chi connectivity index (χ1v) is 5.74. The number of halogens is 2. The standard InChI is InChI=1S/C13H16F2N2/c1-2-13(17-7-5-16-6-8-17)11-9-10(14)3-4-12(11)15/h2-4,9,13,16H,1,5-8H2/t13-/m1/s1. The van der Waals surface area contributed by atoms with E-state index in [0.29, 0.717) is 5.56 Å². The van der Waals surface area contributed by atoms with Crippen LogP contribution in [0.5, 0.6) is 0 Å². The lowest BCUT2D eigenvalue weighted by Gasteiger charge is -2.33. The summed E-state index contributed by atoms with van der Waals surface area (Å²) in [6.45, 7) is 7.08. The number of hydrogen-bond acceptors (Lipinski definition) is 2. The lowest BCUT2D eigenvalue weighted by Crippen LogP contribution is -2.44. The molecule has 1 saturated heterocycles. The number of hydrogen-bond donors (Lipinski definition) is 1. The molecule has 0 saturated carbocycles. The summed E-state index contributed by atoms with van der Waals surface area (Å²) in [6.07, 6.45) is 1.67. The molecule has 1 fully saturated rings. The second kappa shape index (κ2) is 5.38. The molecule has 0 unspecified atom stereocenters. The minimum absolute atomic E-state index is 0.257. The highest BCUT2D eigenvalue weighted by Gasteiger charge is 2.22. The molecule has 0 radical (unpaired) electrons. The smallest absolute Gasteiger partial charge is 0.128 e. The van der Waals surface area contributed by atoms with Crippen LogP contribution in [0.15, 0.2) is 30.9 Å². The Balaban J connectivity index is 2.27. The molecule has 1 N–H and O–H groups in total. The van der Waals surface area contributed by atoms with Crippen LogP contribution in [0, 0.1) is 11.6 Å². The summed E-state index contributed by atoms with van der Waals surface area (Å²) in [4.78, 5) is 2.10. The minimum Gasteiger partial charge on any atom is -0.314 e. The Hall–Kier alpha value is -1.26. The van der Waals surface area contributed by atoms with Gasteiger partial charge in [0, 0.05) is 31.7 Å². The molecule has 1 aromatic rings. The fourth-order valence-electron chi connectivity index (χ4n) is 2.17. The Labute approximate surface area is 99.9 Å². The number of piperazine rings is 1. The molecule has 1 atom stereocenters. The topological polar surface area (TPSA) is 15.3 Å². The first-order chi connectivity index (χ1) is 8.22. The average Bonchev–Trinajstić information content (AvgIpc) is 2.36. The van der Waals surface area contributed by atoms with Gasteiger partial charge in [0.2, 0.25) is 0 Å². The minimum atomic E-state index is -0.414. The van der Waals surface area contributed by atoms with Gasteiger partial charge < -0.3 is 5.32 Å². The maximum Gasteiger partial charge on any atom is 0.128 e. The molecular weight excluding hydrogens is 222 g/mol. The van der Waals surface area contributed by atoms with Crippen molar-refractivity contribution in [2.24, 2.45) is 0 Å². The van der Waals surface area contributed by atoms with Gasteiger partial charge >= 0.3 is 0 Å². The van der Waals surface area contributed by atoms with Gasteiger partial charge in [-0.05, 0) is 18.2 Å². The molecular formula is C13H16F2N2. The lowest BCUT2D eigenvalue weighted by atomic mass is 10.0. The molecule has 2 rings (SSSR count). The van der Waals surface area contributed by atoms with E-state index in [2.05, 4.69) is 16.8 Å². The Morgan fingerprint density at radius 1 is 1.29 bits per heavy atom. The summed E-state index contributed by atoms with van der Waals surface area (Å²) < 4.78 is 26.9. The van der Waals surface area contributed by atoms with Crippen LogP contribution in [0.25, 0.3) is 0 Å². The predicted octanol–water partition coefficient (Wildman–Crippen LogP) is 2.10. The van der Waals surface area contributed by atoms with Crippen molar-refractivity contribution < 1.29 is 8.78 Å². The molecule has 0 bridgehead atoms.